The Hall–Kier alpha value is -5.22. The second-order valence-electron chi connectivity index (χ2n) is 12.1. The van der Waals surface area contributed by atoms with Crippen LogP contribution >= 0.6 is 0 Å². The number of likely N-dealkylation sites (N-methyl/N-ethyl adjacent to an activating group) is 1. The quantitative estimate of drug-likeness (QED) is 0.277. The molecule has 47 heavy (non-hydrogen) atoms. The van der Waals surface area contributed by atoms with Crippen LogP contribution in [0.2, 0.25) is 0 Å². The monoisotopic (exact) mass is 635 g/mol. The first kappa shape index (κ1) is 31.7. The minimum absolute atomic E-state index is 0.0320. The van der Waals surface area contributed by atoms with Crippen molar-refractivity contribution in [2.24, 2.45) is 0 Å². The van der Waals surface area contributed by atoms with Gasteiger partial charge in [0.15, 0.2) is 0 Å². The Morgan fingerprint density at radius 1 is 0.872 bits per heavy atom. The van der Waals surface area contributed by atoms with Gasteiger partial charge in [0, 0.05) is 32.5 Å². The van der Waals surface area contributed by atoms with E-state index in [1.807, 2.05) is 36.4 Å². The Kier molecular flexibility index (Phi) is 9.49. The number of carbonyl (C=O) groups is 3. The first-order chi connectivity index (χ1) is 22.8. The number of aromatic hydroxyl groups is 1. The predicted octanol–water partition coefficient (Wildman–Crippen LogP) is 4.73. The fourth-order valence-electron chi connectivity index (χ4n) is 6.60. The third-order valence-electron chi connectivity index (χ3n) is 8.96. The number of nitrogens with zero attached hydrogens (tertiary/aromatic N) is 4. The van der Waals surface area contributed by atoms with Crippen LogP contribution in [0.1, 0.15) is 34.6 Å². The third-order valence-corrected chi connectivity index (χ3v) is 8.96. The van der Waals surface area contributed by atoms with Crippen molar-refractivity contribution >= 4 is 17.8 Å². The molecule has 2 heterocycles. The maximum atomic E-state index is 14.3. The van der Waals surface area contributed by atoms with E-state index in [1.165, 1.54) is 17.1 Å². The number of piperazine rings is 1. The Morgan fingerprint density at radius 3 is 2.09 bits per heavy atom. The summed E-state index contributed by atoms with van der Waals surface area (Å²) in [5.74, 6) is -0.652. The second kappa shape index (κ2) is 14.0. The molecule has 2 atom stereocenters. The maximum Gasteiger partial charge on any atom is 0.334 e. The zero-order valence-electron chi connectivity index (χ0n) is 26.2. The minimum atomic E-state index is -0.848. The maximum absolute atomic E-state index is 14.3. The van der Waals surface area contributed by atoms with E-state index in [-0.39, 0.29) is 55.4 Å². The largest absolute Gasteiger partial charge is 0.508 e. The van der Waals surface area contributed by atoms with Crippen molar-refractivity contribution in [1.29, 1.82) is 0 Å². The number of halogens is 1. The van der Waals surface area contributed by atoms with Gasteiger partial charge in [-0.15, -0.1) is 0 Å². The fourth-order valence-corrected chi connectivity index (χ4v) is 6.60. The predicted molar refractivity (Wildman–Crippen MR) is 175 cm³/mol. The van der Waals surface area contributed by atoms with Gasteiger partial charge in [0.1, 0.15) is 23.8 Å². The molecule has 0 bridgehead atoms. The number of phenols is 1. The highest BCUT2D eigenvalue weighted by Gasteiger charge is 2.50. The molecule has 9 nitrogen and oxygen atoms in total. The summed E-state index contributed by atoms with van der Waals surface area (Å²) < 4.78 is 13.5. The molecule has 2 aliphatic heterocycles. The molecule has 6 rings (SSSR count). The van der Waals surface area contributed by atoms with Crippen LogP contribution in [-0.4, -0.2) is 81.7 Å². The Balaban J connectivity index is 1.29. The average molecular weight is 636 g/mol. The number of rotatable bonds is 9. The van der Waals surface area contributed by atoms with Crippen LogP contribution in [0.5, 0.6) is 5.75 Å². The van der Waals surface area contributed by atoms with Crippen LogP contribution in [0.15, 0.2) is 109 Å². The van der Waals surface area contributed by atoms with E-state index >= 15 is 0 Å². The van der Waals surface area contributed by atoms with E-state index in [9.17, 15) is 23.9 Å². The highest BCUT2D eigenvalue weighted by molar-refractivity contribution is 5.91. The summed E-state index contributed by atoms with van der Waals surface area (Å²) in [6, 6.07) is 31.6. The summed E-state index contributed by atoms with van der Waals surface area (Å²) in [5, 5.41) is 15.9. The molecule has 4 aromatic carbocycles. The minimum Gasteiger partial charge on any atom is -0.508 e. The Morgan fingerprint density at radius 2 is 1.47 bits per heavy atom. The summed E-state index contributed by atoms with van der Waals surface area (Å²) >= 11 is 0. The molecule has 0 aromatic heterocycles. The van der Waals surface area contributed by atoms with Crippen molar-refractivity contribution in [2.75, 3.05) is 26.7 Å². The van der Waals surface area contributed by atoms with Crippen molar-refractivity contribution in [3.05, 3.63) is 137 Å². The summed E-state index contributed by atoms with van der Waals surface area (Å²) in [6.45, 7) is 0.636. The highest BCUT2D eigenvalue weighted by Crippen LogP contribution is 2.32. The number of benzene rings is 4. The SMILES string of the molecule is CN1CC(=O)N2C(CN(CCC(c3ccccc3)c3ccccc3)C(=O)[C@@H]2Cc2ccc(O)cc2)N1C(=O)NCc1ccc(F)cc1. The highest BCUT2D eigenvalue weighted by atomic mass is 19.1. The molecule has 2 N–H and O–H groups in total. The van der Waals surface area contributed by atoms with E-state index in [0.29, 0.717) is 13.0 Å². The van der Waals surface area contributed by atoms with Crippen molar-refractivity contribution in [3.8, 4) is 5.75 Å². The van der Waals surface area contributed by atoms with E-state index in [1.54, 1.807) is 58.3 Å². The molecular weight excluding hydrogens is 597 g/mol. The van der Waals surface area contributed by atoms with Gasteiger partial charge < -0.3 is 20.2 Å². The van der Waals surface area contributed by atoms with Gasteiger partial charge in [-0.1, -0.05) is 84.9 Å². The molecule has 2 aliphatic rings. The van der Waals surface area contributed by atoms with Crippen molar-refractivity contribution in [1.82, 2.24) is 25.1 Å². The zero-order chi connectivity index (χ0) is 32.9. The number of carbonyl (C=O) groups excluding carboxylic acids is 3. The topological polar surface area (TPSA) is 96.4 Å². The normalized spacial score (nSPS) is 18.4. The molecular formula is C37H38FN5O4. The van der Waals surface area contributed by atoms with E-state index in [4.69, 9.17) is 0 Å². The standard InChI is InChI=1S/C37H38FN5O4/c1-40-25-35(45)42-33(22-26-14-18-31(44)19-15-26)36(46)41(21-20-32(28-8-4-2-5-9-28)29-10-6-3-7-11-29)24-34(42)43(40)37(47)39-23-27-12-16-30(38)17-13-27/h2-19,32-34,44H,20-25H2,1H3,(H,39,47)/t33-,34?/m0/s1. The van der Waals surface area contributed by atoms with Gasteiger partial charge in [-0.05, 0) is 52.9 Å². The van der Waals surface area contributed by atoms with Gasteiger partial charge in [0.05, 0.1) is 13.1 Å². The summed E-state index contributed by atoms with van der Waals surface area (Å²) in [5.41, 5.74) is 3.79. The number of urea groups is 1. The van der Waals surface area contributed by atoms with Gasteiger partial charge in [-0.25, -0.2) is 19.2 Å². The van der Waals surface area contributed by atoms with Crippen LogP contribution in [0.4, 0.5) is 9.18 Å². The average Bonchev–Trinajstić information content (AvgIpc) is 3.08. The van der Waals surface area contributed by atoms with Gasteiger partial charge in [0.2, 0.25) is 11.8 Å². The van der Waals surface area contributed by atoms with Crippen molar-refractivity contribution in [2.45, 2.75) is 37.5 Å². The number of amides is 4. The fraction of sp³-hybridized carbons (Fsp3) is 0.270. The molecule has 0 radical (unpaired) electrons. The number of nitrogens with one attached hydrogen (secondary N) is 1. The number of hydrogen-bond acceptors (Lipinski definition) is 5. The van der Waals surface area contributed by atoms with Gasteiger partial charge in [0.25, 0.3) is 0 Å². The Bertz CT molecular complexity index is 1650. The number of fused-ring (bicyclic) bond motifs is 1. The molecule has 0 saturated carbocycles. The molecule has 4 amide bonds. The van der Waals surface area contributed by atoms with Gasteiger partial charge >= 0.3 is 6.03 Å². The lowest BCUT2D eigenvalue weighted by atomic mass is 9.88. The lowest BCUT2D eigenvalue weighted by Gasteiger charge is -2.54. The summed E-state index contributed by atoms with van der Waals surface area (Å²) in [4.78, 5) is 45.0. The third kappa shape index (κ3) is 7.12. The first-order valence-corrected chi connectivity index (χ1v) is 15.8. The number of phenolic OH excluding ortho intramolecular Hbond substituents is 1. The van der Waals surface area contributed by atoms with Crippen LogP contribution in [0, 0.1) is 5.82 Å². The van der Waals surface area contributed by atoms with E-state index in [0.717, 1.165) is 22.3 Å². The van der Waals surface area contributed by atoms with Crippen LogP contribution < -0.4 is 5.32 Å². The molecule has 2 saturated heterocycles. The molecule has 10 heteroatoms. The molecule has 0 aliphatic carbocycles. The molecule has 2 fully saturated rings. The Labute approximate surface area is 273 Å². The van der Waals surface area contributed by atoms with Crippen LogP contribution in [0.25, 0.3) is 0 Å². The molecule has 1 unspecified atom stereocenters. The number of hydrazine groups is 1. The number of hydrogen-bond donors (Lipinski definition) is 2. The van der Waals surface area contributed by atoms with Crippen LogP contribution in [0.3, 0.4) is 0 Å². The second-order valence-corrected chi connectivity index (χ2v) is 12.1. The van der Waals surface area contributed by atoms with Crippen molar-refractivity contribution < 1.29 is 23.9 Å². The first-order valence-electron chi connectivity index (χ1n) is 15.8. The molecule has 0 spiro atoms. The smallest absolute Gasteiger partial charge is 0.334 e. The van der Waals surface area contributed by atoms with E-state index < -0.39 is 18.2 Å². The molecule has 4 aromatic rings. The van der Waals surface area contributed by atoms with Crippen LogP contribution in [-0.2, 0) is 22.6 Å². The molecule has 242 valence electrons. The lowest BCUT2D eigenvalue weighted by molar-refractivity contribution is -0.187. The van der Waals surface area contributed by atoms with Crippen molar-refractivity contribution in [3.63, 3.8) is 0 Å². The van der Waals surface area contributed by atoms with Gasteiger partial charge in [-0.2, -0.15) is 0 Å². The lowest BCUT2D eigenvalue weighted by Crippen LogP contribution is -2.76. The zero-order valence-corrected chi connectivity index (χ0v) is 26.2. The summed E-state index contributed by atoms with van der Waals surface area (Å²) in [6.07, 6.45) is 0.119. The van der Waals surface area contributed by atoms with Gasteiger partial charge in [-0.3, -0.25) is 9.59 Å². The van der Waals surface area contributed by atoms with E-state index in [2.05, 4.69) is 29.6 Å². The summed E-state index contributed by atoms with van der Waals surface area (Å²) in [7, 11) is 1.68.